The minimum Gasteiger partial charge on any atom is -0.418 e. The van der Waals surface area contributed by atoms with Gasteiger partial charge >= 0.3 is 6.03 Å². The smallest absolute Gasteiger partial charge is 0.320 e. The number of benzene rings is 3. The van der Waals surface area contributed by atoms with Crippen molar-refractivity contribution in [3.8, 4) is 11.5 Å². The molecule has 0 fully saturated rings. The third-order valence-electron chi connectivity index (χ3n) is 4.75. The van der Waals surface area contributed by atoms with E-state index in [0.717, 1.165) is 27.9 Å². The predicted octanol–water partition coefficient (Wildman–Crippen LogP) is 5.26. The van der Waals surface area contributed by atoms with Gasteiger partial charge in [-0.25, -0.2) is 4.79 Å². The van der Waals surface area contributed by atoms with Crippen LogP contribution >= 0.6 is 0 Å². The van der Waals surface area contributed by atoms with Crippen LogP contribution in [0.25, 0.3) is 11.5 Å². The first kappa shape index (κ1) is 19.4. The predicted molar refractivity (Wildman–Crippen MR) is 116 cm³/mol. The van der Waals surface area contributed by atoms with Gasteiger partial charge < -0.3 is 15.1 Å². The average molecular weight is 398 g/mol. The van der Waals surface area contributed by atoms with Crippen LogP contribution < -0.4 is 10.6 Å². The van der Waals surface area contributed by atoms with Gasteiger partial charge in [-0.1, -0.05) is 66.2 Å². The van der Waals surface area contributed by atoms with E-state index in [4.69, 9.17) is 4.42 Å². The second-order valence-corrected chi connectivity index (χ2v) is 7.07. The van der Waals surface area contributed by atoms with Crippen LogP contribution in [0.2, 0.25) is 0 Å². The zero-order valence-electron chi connectivity index (χ0n) is 16.8. The Hall–Kier alpha value is -3.93. The normalized spacial score (nSPS) is 11.7. The molecule has 0 bridgehead atoms. The Morgan fingerprint density at radius 3 is 2.30 bits per heavy atom. The van der Waals surface area contributed by atoms with Crippen molar-refractivity contribution in [2.45, 2.75) is 19.9 Å². The van der Waals surface area contributed by atoms with Crippen LogP contribution in [0.15, 0.2) is 83.3 Å². The molecule has 0 saturated carbocycles. The number of hydrogen-bond donors (Lipinski definition) is 2. The van der Waals surface area contributed by atoms with E-state index in [1.54, 1.807) is 0 Å². The monoisotopic (exact) mass is 398 g/mol. The highest BCUT2D eigenvalue weighted by Crippen LogP contribution is 2.25. The number of hydrogen-bond acceptors (Lipinski definition) is 4. The van der Waals surface area contributed by atoms with Gasteiger partial charge in [-0.2, -0.15) is 0 Å². The molecule has 1 heterocycles. The molecule has 2 amide bonds. The van der Waals surface area contributed by atoms with Crippen molar-refractivity contribution < 1.29 is 9.21 Å². The van der Waals surface area contributed by atoms with Crippen molar-refractivity contribution >= 4 is 11.7 Å². The molecule has 6 heteroatoms. The second kappa shape index (κ2) is 8.61. The molecule has 0 saturated heterocycles. The van der Waals surface area contributed by atoms with E-state index in [9.17, 15) is 4.79 Å². The highest BCUT2D eigenvalue weighted by Gasteiger charge is 2.23. The van der Waals surface area contributed by atoms with Crippen molar-refractivity contribution in [1.29, 1.82) is 0 Å². The summed E-state index contributed by atoms with van der Waals surface area (Å²) in [5.74, 6) is 0.721. The number of anilines is 1. The molecule has 4 aromatic rings. The topological polar surface area (TPSA) is 80.0 Å². The van der Waals surface area contributed by atoms with Crippen LogP contribution in [-0.4, -0.2) is 16.2 Å². The zero-order chi connectivity index (χ0) is 20.9. The summed E-state index contributed by atoms with van der Waals surface area (Å²) in [5.41, 5.74) is 4.55. The van der Waals surface area contributed by atoms with Crippen LogP contribution in [0.3, 0.4) is 0 Å². The quantitative estimate of drug-likeness (QED) is 0.480. The van der Waals surface area contributed by atoms with Crippen molar-refractivity contribution in [1.82, 2.24) is 15.5 Å². The number of nitrogens with zero attached hydrogens (tertiary/aromatic N) is 2. The minimum absolute atomic E-state index is 0.316. The van der Waals surface area contributed by atoms with Crippen LogP contribution in [0, 0.1) is 13.8 Å². The van der Waals surface area contributed by atoms with Gasteiger partial charge in [-0.15, -0.1) is 10.2 Å². The van der Waals surface area contributed by atoms with Gasteiger partial charge in [0.15, 0.2) is 0 Å². The van der Waals surface area contributed by atoms with Crippen molar-refractivity contribution in [2.24, 2.45) is 0 Å². The molecule has 1 atom stereocenters. The summed E-state index contributed by atoms with van der Waals surface area (Å²) in [4.78, 5) is 12.8. The molecule has 3 aromatic carbocycles. The lowest BCUT2D eigenvalue weighted by Crippen LogP contribution is -2.33. The number of carbonyl (C=O) groups excluding carboxylic acids is 1. The lowest BCUT2D eigenvalue weighted by atomic mass is 10.1. The molecule has 0 aliphatic carbocycles. The standard InChI is InChI=1S/C24H22N4O2/c1-16-13-14-20(17(2)15-16)25-24(29)26-21(18-9-5-3-6-10-18)23-28-27-22(30-23)19-11-7-4-8-12-19/h3-15,21H,1-2H3,(H2,25,26,29). The zero-order valence-corrected chi connectivity index (χ0v) is 16.8. The summed E-state index contributed by atoms with van der Waals surface area (Å²) in [6.07, 6.45) is 0. The van der Waals surface area contributed by atoms with E-state index < -0.39 is 6.04 Å². The summed E-state index contributed by atoms with van der Waals surface area (Å²) in [7, 11) is 0. The Balaban J connectivity index is 1.60. The lowest BCUT2D eigenvalue weighted by molar-refractivity contribution is 0.248. The van der Waals surface area contributed by atoms with Gasteiger partial charge in [0.05, 0.1) is 0 Å². The summed E-state index contributed by atoms with van der Waals surface area (Å²) < 4.78 is 5.91. The van der Waals surface area contributed by atoms with Gasteiger partial charge in [0.25, 0.3) is 0 Å². The Bertz CT molecular complexity index is 1140. The van der Waals surface area contributed by atoms with E-state index in [0.29, 0.717) is 11.8 Å². The molecule has 150 valence electrons. The summed E-state index contributed by atoms with van der Waals surface area (Å²) in [5, 5.41) is 14.2. The van der Waals surface area contributed by atoms with Crippen molar-refractivity contribution in [3.05, 3.63) is 101 Å². The second-order valence-electron chi connectivity index (χ2n) is 7.07. The van der Waals surface area contributed by atoms with Crippen LogP contribution in [-0.2, 0) is 0 Å². The van der Waals surface area contributed by atoms with Crippen LogP contribution in [0.5, 0.6) is 0 Å². The molecule has 4 rings (SSSR count). The highest BCUT2D eigenvalue weighted by molar-refractivity contribution is 5.90. The Morgan fingerprint density at radius 1 is 0.900 bits per heavy atom. The van der Waals surface area contributed by atoms with E-state index in [1.807, 2.05) is 92.7 Å². The summed E-state index contributed by atoms with van der Waals surface area (Å²) in [6, 6.07) is 24.0. The van der Waals surface area contributed by atoms with Gasteiger partial charge in [-0.3, -0.25) is 0 Å². The lowest BCUT2D eigenvalue weighted by Gasteiger charge is -2.17. The SMILES string of the molecule is Cc1ccc(NC(=O)NC(c2ccccc2)c2nnc(-c3ccccc3)o2)c(C)c1. The number of carbonyl (C=O) groups is 1. The molecule has 0 radical (unpaired) electrons. The third kappa shape index (κ3) is 4.38. The minimum atomic E-state index is -0.582. The number of amides is 2. The first-order chi connectivity index (χ1) is 14.6. The molecule has 2 N–H and O–H groups in total. The van der Waals surface area contributed by atoms with Crippen LogP contribution in [0.1, 0.15) is 28.6 Å². The first-order valence-electron chi connectivity index (χ1n) is 9.69. The van der Waals surface area contributed by atoms with Crippen molar-refractivity contribution in [3.63, 3.8) is 0 Å². The fourth-order valence-corrected chi connectivity index (χ4v) is 3.23. The van der Waals surface area contributed by atoms with Crippen molar-refractivity contribution in [2.75, 3.05) is 5.32 Å². The van der Waals surface area contributed by atoms with E-state index >= 15 is 0 Å². The van der Waals surface area contributed by atoms with Crippen LogP contribution in [0.4, 0.5) is 10.5 Å². The molecule has 0 aliphatic rings. The average Bonchev–Trinajstić information content (AvgIpc) is 3.25. The molecule has 1 aromatic heterocycles. The summed E-state index contributed by atoms with van der Waals surface area (Å²) >= 11 is 0. The third-order valence-corrected chi connectivity index (χ3v) is 4.75. The Labute approximate surface area is 175 Å². The number of nitrogens with one attached hydrogen (secondary N) is 2. The number of aromatic nitrogens is 2. The fraction of sp³-hybridized carbons (Fsp3) is 0.125. The highest BCUT2D eigenvalue weighted by atomic mass is 16.4. The maximum atomic E-state index is 12.8. The molecule has 0 spiro atoms. The Morgan fingerprint density at radius 2 is 1.60 bits per heavy atom. The molecule has 0 aliphatic heterocycles. The van der Waals surface area contributed by atoms with E-state index in [2.05, 4.69) is 20.8 Å². The van der Waals surface area contributed by atoms with Gasteiger partial charge in [0.1, 0.15) is 6.04 Å². The maximum Gasteiger partial charge on any atom is 0.320 e. The fourth-order valence-electron chi connectivity index (χ4n) is 3.23. The molecule has 1 unspecified atom stereocenters. The molecule has 6 nitrogen and oxygen atoms in total. The number of aryl methyl sites for hydroxylation is 2. The largest absolute Gasteiger partial charge is 0.418 e. The Kier molecular flexibility index (Phi) is 5.57. The van der Waals surface area contributed by atoms with Gasteiger partial charge in [-0.05, 0) is 43.2 Å². The first-order valence-corrected chi connectivity index (χ1v) is 9.69. The maximum absolute atomic E-state index is 12.8. The number of rotatable bonds is 5. The van der Waals surface area contributed by atoms with Gasteiger partial charge in [0, 0.05) is 11.3 Å². The molecular weight excluding hydrogens is 376 g/mol. The van der Waals surface area contributed by atoms with E-state index in [-0.39, 0.29) is 6.03 Å². The summed E-state index contributed by atoms with van der Waals surface area (Å²) in [6.45, 7) is 3.98. The van der Waals surface area contributed by atoms with Gasteiger partial charge in [0.2, 0.25) is 11.8 Å². The van der Waals surface area contributed by atoms with E-state index in [1.165, 1.54) is 0 Å². The molecular formula is C24H22N4O2. The molecule has 30 heavy (non-hydrogen) atoms. The number of urea groups is 1.